The number of carbonyl (C=O) groups excluding carboxylic acids is 3. The highest BCUT2D eigenvalue weighted by Crippen LogP contribution is 2.11. The number of aryl methyl sites for hydroxylation is 1. The Balaban J connectivity index is 1.40. The molecule has 0 unspecified atom stereocenters. The van der Waals surface area contributed by atoms with Crippen LogP contribution >= 0.6 is 0 Å². The van der Waals surface area contributed by atoms with Crippen molar-refractivity contribution >= 4 is 17.8 Å². The lowest BCUT2D eigenvalue weighted by atomic mass is 10.0. The molecule has 4 rings (SSSR count). The van der Waals surface area contributed by atoms with Gasteiger partial charge < -0.3 is 29.4 Å². The maximum absolute atomic E-state index is 13.4. The Morgan fingerprint density at radius 2 is 1.63 bits per heavy atom. The molecule has 1 fully saturated rings. The number of nitrogens with zero attached hydrogens (tertiary/aromatic N) is 2. The second-order valence-corrected chi connectivity index (χ2v) is 9.73. The van der Waals surface area contributed by atoms with Crippen LogP contribution < -0.4 is 10.6 Å². The van der Waals surface area contributed by atoms with Gasteiger partial charge in [0.2, 0.25) is 5.91 Å². The fourth-order valence-electron chi connectivity index (χ4n) is 4.37. The van der Waals surface area contributed by atoms with E-state index in [1.165, 1.54) is 7.11 Å². The van der Waals surface area contributed by atoms with Gasteiger partial charge in [-0.3, -0.25) is 14.5 Å². The van der Waals surface area contributed by atoms with Gasteiger partial charge in [-0.05, 0) is 24.0 Å². The Morgan fingerprint density at radius 1 is 0.951 bits per heavy atom. The van der Waals surface area contributed by atoms with Crippen molar-refractivity contribution in [3.05, 3.63) is 89.3 Å². The molecule has 11 nitrogen and oxygen atoms in total. The second kappa shape index (κ2) is 15.7. The predicted molar refractivity (Wildman–Crippen MR) is 149 cm³/mol. The summed E-state index contributed by atoms with van der Waals surface area (Å²) >= 11 is 0. The highest BCUT2D eigenvalue weighted by atomic mass is 16.5. The van der Waals surface area contributed by atoms with Crippen molar-refractivity contribution in [3.8, 4) is 0 Å². The number of morpholine rings is 1. The lowest BCUT2D eigenvalue weighted by Gasteiger charge is -2.25. The number of nitrogens with one attached hydrogen (secondary N) is 2. The molecule has 3 aromatic rings. The Bertz CT molecular complexity index is 1250. The minimum absolute atomic E-state index is 0.0584. The van der Waals surface area contributed by atoms with Crippen molar-refractivity contribution in [2.24, 2.45) is 0 Å². The molecule has 0 spiro atoms. The van der Waals surface area contributed by atoms with E-state index in [1.54, 1.807) is 6.07 Å². The molecule has 218 valence electrons. The van der Waals surface area contributed by atoms with E-state index < -0.39 is 29.9 Å². The SMILES string of the molecule is COC[C@H](NC(=O)[C@H](CCc1ccccc1)NC(=O)c1cc(CN2CCOCC2)on1)C(=O)OCc1ccccc1. The van der Waals surface area contributed by atoms with Crippen molar-refractivity contribution in [1.82, 2.24) is 20.7 Å². The number of hydrogen-bond donors (Lipinski definition) is 2. The topological polar surface area (TPSA) is 132 Å². The lowest BCUT2D eigenvalue weighted by molar-refractivity contribution is -0.150. The first-order valence-electron chi connectivity index (χ1n) is 13.6. The zero-order valence-electron chi connectivity index (χ0n) is 23.1. The highest BCUT2D eigenvalue weighted by molar-refractivity contribution is 5.96. The standard InChI is InChI=1S/C30H36N4O7/c1-38-21-27(30(37)40-20-23-10-6-3-7-11-23)32-28(35)25(13-12-22-8-4-2-5-9-22)31-29(36)26-18-24(41-33-26)19-34-14-16-39-17-15-34/h2-11,18,25,27H,12-17,19-21H2,1H3,(H,31,36)(H,32,35)/t25-,27-/m0/s1. The summed E-state index contributed by atoms with van der Waals surface area (Å²) in [6.45, 7) is 3.29. The van der Waals surface area contributed by atoms with Gasteiger partial charge in [0.1, 0.15) is 12.6 Å². The van der Waals surface area contributed by atoms with Crippen LogP contribution in [-0.4, -0.2) is 79.9 Å². The molecule has 2 atom stereocenters. The Morgan fingerprint density at radius 3 is 2.32 bits per heavy atom. The van der Waals surface area contributed by atoms with Gasteiger partial charge in [0.25, 0.3) is 5.91 Å². The van der Waals surface area contributed by atoms with Gasteiger partial charge in [-0.1, -0.05) is 65.8 Å². The molecule has 2 aromatic carbocycles. The summed E-state index contributed by atoms with van der Waals surface area (Å²) in [5, 5.41) is 9.37. The molecule has 1 saturated heterocycles. The summed E-state index contributed by atoms with van der Waals surface area (Å²) in [6, 6.07) is 18.4. The minimum atomic E-state index is -1.06. The number of carbonyl (C=O) groups is 3. The van der Waals surface area contributed by atoms with Crippen molar-refractivity contribution in [3.63, 3.8) is 0 Å². The Kier molecular flexibility index (Phi) is 11.4. The first-order chi connectivity index (χ1) is 20.0. The zero-order chi connectivity index (χ0) is 28.9. The molecule has 0 radical (unpaired) electrons. The molecule has 0 bridgehead atoms. The quantitative estimate of drug-likeness (QED) is 0.283. The number of methoxy groups -OCH3 is 1. The van der Waals surface area contributed by atoms with Crippen LogP contribution in [0.15, 0.2) is 71.3 Å². The van der Waals surface area contributed by atoms with Gasteiger partial charge in [0, 0.05) is 26.3 Å². The molecule has 2 N–H and O–H groups in total. The average molecular weight is 565 g/mol. The number of hydrogen-bond acceptors (Lipinski definition) is 9. The number of benzene rings is 2. The van der Waals surface area contributed by atoms with Crippen LogP contribution in [0, 0.1) is 0 Å². The van der Waals surface area contributed by atoms with E-state index in [4.69, 9.17) is 18.7 Å². The van der Waals surface area contributed by atoms with Gasteiger partial charge >= 0.3 is 5.97 Å². The summed E-state index contributed by atoms with van der Waals surface area (Å²) in [4.78, 5) is 41.5. The Labute approximate surface area is 239 Å². The molecular weight excluding hydrogens is 528 g/mol. The number of aromatic nitrogens is 1. The number of esters is 1. The van der Waals surface area contributed by atoms with E-state index in [9.17, 15) is 14.4 Å². The smallest absolute Gasteiger partial charge is 0.331 e. The van der Waals surface area contributed by atoms with Crippen LogP contribution in [0.5, 0.6) is 0 Å². The van der Waals surface area contributed by atoms with Crippen LogP contribution in [-0.2, 0) is 43.4 Å². The van der Waals surface area contributed by atoms with E-state index in [0.29, 0.717) is 38.4 Å². The zero-order valence-corrected chi connectivity index (χ0v) is 23.1. The molecule has 0 aliphatic carbocycles. The molecule has 1 aromatic heterocycles. The second-order valence-electron chi connectivity index (χ2n) is 9.73. The van der Waals surface area contributed by atoms with E-state index in [1.807, 2.05) is 60.7 Å². The van der Waals surface area contributed by atoms with Crippen LogP contribution in [0.1, 0.15) is 33.8 Å². The largest absolute Gasteiger partial charge is 0.459 e. The summed E-state index contributed by atoms with van der Waals surface area (Å²) in [5.41, 5.74) is 1.89. The summed E-state index contributed by atoms with van der Waals surface area (Å²) in [5.74, 6) is -1.18. The van der Waals surface area contributed by atoms with Gasteiger partial charge in [-0.15, -0.1) is 0 Å². The number of ether oxygens (including phenoxy) is 3. The molecule has 0 saturated carbocycles. The summed E-state index contributed by atoms with van der Waals surface area (Å²) in [7, 11) is 1.43. The molecule has 1 aliphatic heterocycles. The van der Waals surface area contributed by atoms with E-state index in [2.05, 4.69) is 20.7 Å². The maximum Gasteiger partial charge on any atom is 0.331 e. The molecule has 2 amide bonds. The molecule has 1 aliphatic rings. The molecule has 41 heavy (non-hydrogen) atoms. The lowest BCUT2D eigenvalue weighted by Crippen LogP contribution is -2.53. The predicted octanol–water partition coefficient (Wildman–Crippen LogP) is 2.11. The molecular formula is C30H36N4O7. The van der Waals surface area contributed by atoms with Crippen LogP contribution in [0.25, 0.3) is 0 Å². The van der Waals surface area contributed by atoms with Gasteiger partial charge in [-0.25, -0.2) is 4.79 Å². The van der Waals surface area contributed by atoms with Crippen molar-refractivity contribution in [2.45, 2.75) is 38.1 Å². The summed E-state index contributed by atoms with van der Waals surface area (Å²) in [6.07, 6.45) is 0.812. The van der Waals surface area contributed by atoms with E-state index >= 15 is 0 Å². The third-order valence-electron chi connectivity index (χ3n) is 6.62. The van der Waals surface area contributed by atoms with Gasteiger partial charge in [0.15, 0.2) is 17.5 Å². The van der Waals surface area contributed by atoms with Crippen LogP contribution in [0.2, 0.25) is 0 Å². The average Bonchev–Trinajstić information content (AvgIpc) is 3.48. The maximum atomic E-state index is 13.4. The van der Waals surface area contributed by atoms with E-state index in [0.717, 1.165) is 24.2 Å². The molecule has 2 heterocycles. The van der Waals surface area contributed by atoms with Crippen molar-refractivity contribution in [2.75, 3.05) is 40.0 Å². The fraction of sp³-hybridized carbons (Fsp3) is 0.400. The van der Waals surface area contributed by atoms with Crippen molar-refractivity contribution < 1.29 is 33.1 Å². The van der Waals surface area contributed by atoms with Crippen molar-refractivity contribution in [1.29, 1.82) is 0 Å². The summed E-state index contributed by atoms with van der Waals surface area (Å²) < 4.78 is 21.3. The van der Waals surface area contributed by atoms with Gasteiger partial charge in [-0.2, -0.15) is 0 Å². The molecule has 11 heteroatoms. The highest BCUT2D eigenvalue weighted by Gasteiger charge is 2.29. The monoisotopic (exact) mass is 564 g/mol. The first kappa shape index (κ1) is 29.9. The van der Waals surface area contributed by atoms with E-state index in [-0.39, 0.29) is 18.9 Å². The third kappa shape index (κ3) is 9.52. The third-order valence-corrected chi connectivity index (χ3v) is 6.62. The number of amides is 2. The normalized spacial score (nSPS) is 15.0. The first-order valence-corrected chi connectivity index (χ1v) is 13.6. The minimum Gasteiger partial charge on any atom is -0.459 e. The van der Waals surface area contributed by atoms with Gasteiger partial charge in [0.05, 0.1) is 26.4 Å². The Hall–Kier alpha value is -4.06. The van der Waals surface area contributed by atoms with Crippen LogP contribution in [0.3, 0.4) is 0 Å². The van der Waals surface area contributed by atoms with Crippen LogP contribution in [0.4, 0.5) is 0 Å². The number of rotatable bonds is 14. The fourth-order valence-corrected chi connectivity index (χ4v) is 4.37.